The monoisotopic (exact) mass is 473 g/mol. The van der Waals surface area contributed by atoms with Gasteiger partial charge in [0.05, 0.1) is 18.5 Å². The van der Waals surface area contributed by atoms with E-state index in [1.807, 2.05) is 30.3 Å². The van der Waals surface area contributed by atoms with Gasteiger partial charge in [-0.25, -0.2) is 9.78 Å². The molecule has 0 radical (unpaired) electrons. The summed E-state index contributed by atoms with van der Waals surface area (Å²) in [5.74, 6) is -1.07. The van der Waals surface area contributed by atoms with Crippen LogP contribution in [0.5, 0.6) is 0 Å². The van der Waals surface area contributed by atoms with Crippen molar-refractivity contribution in [3.05, 3.63) is 68.4 Å². The molecule has 0 aliphatic heterocycles. The molecule has 0 unspecified atom stereocenters. The van der Waals surface area contributed by atoms with Gasteiger partial charge in [-0.2, -0.15) is 0 Å². The predicted molar refractivity (Wildman–Crippen MR) is 123 cm³/mol. The van der Waals surface area contributed by atoms with Crippen molar-refractivity contribution in [3.63, 3.8) is 0 Å². The van der Waals surface area contributed by atoms with Gasteiger partial charge in [-0.05, 0) is 23.9 Å². The van der Waals surface area contributed by atoms with Crippen LogP contribution in [0.4, 0.5) is 5.00 Å². The number of hydrogen-bond acceptors (Lipinski definition) is 7. The van der Waals surface area contributed by atoms with Crippen LogP contribution in [-0.2, 0) is 16.1 Å². The Hall–Kier alpha value is -3.01. The van der Waals surface area contributed by atoms with Crippen LogP contribution in [0.1, 0.15) is 17.3 Å². The minimum Gasteiger partial charge on any atom is -0.462 e. The van der Waals surface area contributed by atoms with Gasteiger partial charge >= 0.3 is 5.97 Å². The number of carbonyl (C=O) groups is 2. The molecule has 0 spiro atoms. The second kappa shape index (κ2) is 9.01. The number of anilines is 1. The molecular weight excluding hydrogens is 458 g/mol. The zero-order valence-electron chi connectivity index (χ0n) is 16.3. The van der Waals surface area contributed by atoms with Gasteiger partial charge in [0, 0.05) is 5.56 Å². The first-order valence-corrected chi connectivity index (χ1v) is 11.3. The Labute approximate surface area is 189 Å². The number of nitrogens with zero attached hydrogens (tertiary/aromatic N) is 2. The van der Waals surface area contributed by atoms with Crippen LogP contribution in [-0.4, -0.2) is 28.0 Å². The Morgan fingerprint density at radius 2 is 2.00 bits per heavy atom. The lowest BCUT2D eigenvalue weighted by Gasteiger charge is -2.09. The van der Waals surface area contributed by atoms with Crippen molar-refractivity contribution in [2.24, 2.45) is 0 Å². The number of rotatable bonds is 6. The summed E-state index contributed by atoms with van der Waals surface area (Å²) < 4.78 is 7.25. The van der Waals surface area contributed by atoms with Crippen LogP contribution in [0.3, 0.4) is 0 Å². The molecule has 0 atom stereocenters. The average molecular weight is 474 g/mol. The second-order valence-corrected chi connectivity index (χ2v) is 8.94. The van der Waals surface area contributed by atoms with Crippen LogP contribution in [0.2, 0.25) is 4.34 Å². The zero-order valence-corrected chi connectivity index (χ0v) is 18.6. The molecule has 4 aromatic rings. The minimum atomic E-state index is -0.585. The molecule has 158 valence electrons. The van der Waals surface area contributed by atoms with E-state index in [9.17, 15) is 14.4 Å². The van der Waals surface area contributed by atoms with Crippen LogP contribution >= 0.6 is 34.3 Å². The Balaban J connectivity index is 1.67. The number of amides is 1. The van der Waals surface area contributed by atoms with E-state index in [-0.39, 0.29) is 29.3 Å². The van der Waals surface area contributed by atoms with Crippen LogP contribution in [0.15, 0.2) is 52.9 Å². The fraction of sp³-hybridized carbons (Fsp3) is 0.143. The summed E-state index contributed by atoms with van der Waals surface area (Å²) in [4.78, 5) is 42.1. The van der Waals surface area contributed by atoms with Crippen molar-refractivity contribution in [3.8, 4) is 11.1 Å². The maximum atomic E-state index is 12.7. The van der Waals surface area contributed by atoms with Gasteiger partial charge in [-0.15, -0.1) is 22.7 Å². The molecule has 0 saturated heterocycles. The fourth-order valence-corrected chi connectivity index (χ4v) is 5.25. The van der Waals surface area contributed by atoms with Crippen molar-refractivity contribution < 1.29 is 14.3 Å². The molecule has 7 nitrogen and oxygen atoms in total. The number of nitrogens with one attached hydrogen (secondary N) is 1. The van der Waals surface area contributed by atoms with Crippen LogP contribution in [0, 0.1) is 0 Å². The SMILES string of the molecule is CCOC(=O)c1c(NC(=O)Cn2cnc3ccsc3c2=O)sc(Cl)c1-c1ccccc1. The van der Waals surface area contributed by atoms with E-state index < -0.39 is 11.9 Å². The van der Waals surface area contributed by atoms with Gasteiger partial charge in [0.1, 0.15) is 26.1 Å². The minimum absolute atomic E-state index is 0.176. The quantitative estimate of drug-likeness (QED) is 0.411. The van der Waals surface area contributed by atoms with E-state index in [0.29, 0.717) is 20.1 Å². The lowest BCUT2D eigenvalue weighted by Crippen LogP contribution is -2.27. The normalized spacial score (nSPS) is 10.9. The highest BCUT2D eigenvalue weighted by atomic mass is 35.5. The number of halogens is 1. The summed E-state index contributed by atoms with van der Waals surface area (Å²) in [7, 11) is 0. The number of esters is 1. The molecule has 3 heterocycles. The average Bonchev–Trinajstić information content (AvgIpc) is 3.35. The molecule has 31 heavy (non-hydrogen) atoms. The summed E-state index contributed by atoms with van der Waals surface area (Å²) in [6.07, 6.45) is 1.33. The maximum absolute atomic E-state index is 12.7. The van der Waals surface area contributed by atoms with Crippen molar-refractivity contribution in [2.45, 2.75) is 13.5 Å². The third-order valence-electron chi connectivity index (χ3n) is 4.41. The Morgan fingerprint density at radius 3 is 2.74 bits per heavy atom. The summed E-state index contributed by atoms with van der Waals surface area (Å²) in [5.41, 5.74) is 1.72. The van der Waals surface area contributed by atoms with Crippen molar-refractivity contribution in [1.82, 2.24) is 9.55 Å². The van der Waals surface area contributed by atoms with Gasteiger partial charge in [0.15, 0.2) is 0 Å². The smallest absolute Gasteiger partial charge is 0.341 e. The van der Waals surface area contributed by atoms with Crippen molar-refractivity contribution >= 4 is 61.4 Å². The molecule has 0 fully saturated rings. The van der Waals surface area contributed by atoms with Crippen molar-refractivity contribution in [2.75, 3.05) is 11.9 Å². The van der Waals surface area contributed by atoms with Crippen LogP contribution in [0.25, 0.3) is 21.3 Å². The van der Waals surface area contributed by atoms with E-state index in [0.717, 1.165) is 16.9 Å². The van der Waals surface area contributed by atoms with Gasteiger partial charge in [-0.3, -0.25) is 14.2 Å². The van der Waals surface area contributed by atoms with E-state index >= 15 is 0 Å². The summed E-state index contributed by atoms with van der Waals surface area (Å²) >= 11 is 8.78. The fourth-order valence-electron chi connectivity index (χ4n) is 3.06. The number of hydrogen-bond donors (Lipinski definition) is 1. The molecule has 0 saturated carbocycles. The molecule has 1 amide bonds. The zero-order chi connectivity index (χ0) is 22.0. The summed E-state index contributed by atoms with van der Waals surface area (Å²) in [6.45, 7) is 1.63. The number of benzene rings is 1. The third-order valence-corrected chi connectivity index (χ3v) is 6.62. The molecule has 3 aromatic heterocycles. The molecule has 0 bridgehead atoms. The topological polar surface area (TPSA) is 90.3 Å². The standard InChI is InChI=1S/C21H16ClN3O4S2/c1-2-29-21(28)16-15(12-6-4-3-5-7-12)18(22)31-19(16)24-14(26)10-25-11-23-13-8-9-30-17(13)20(25)27/h3-9,11H,2,10H2,1H3,(H,24,26). The number of ether oxygens (including phenoxy) is 1. The summed E-state index contributed by atoms with van der Waals surface area (Å²) in [5, 5.41) is 4.75. The number of fused-ring (bicyclic) bond motifs is 1. The largest absolute Gasteiger partial charge is 0.462 e. The van der Waals surface area contributed by atoms with E-state index in [1.54, 1.807) is 18.4 Å². The van der Waals surface area contributed by atoms with Gasteiger partial charge in [-0.1, -0.05) is 41.9 Å². The molecular formula is C21H16ClN3O4S2. The number of thiophene rings is 2. The summed E-state index contributed by atoms with van der Waals surface area (Å²) in [6, 6.07) is 10.9. The van der Waals surface area contributed by atoms with Gasteiger partial charge in [0.2, 0.25) is 5.91 Å². The van der Waals surface area contributed by atoms with Crippen LogP contribution < -0.4 is 10.9 Å². The second-order valence-electron chi connectivity index (χ2n) is 6.40. The first kappa shape index (κ1) is 21.2. The van der Waals surface area contributed by atoms with E-state index in [2.05, 4.69) is 10.3 Å². The molecule has 1 aromatic carbocycles. The number of aromatic nitrogens is 2. The van der Waals surface area contributed by atoms with Gasteiger partial charge < -0.3 is 10.1 Å². The highest BCUT2D eigenvalue weighted by Gasteiger charge is 2.26. The Kier molecular flexibility index (Phi) is 6.17. The first-order chi connectivity index (χ1) is 15.0. The molecule has 0 aliphatic rings. The van der Waals surface area contributed by atoms with E-state index in [4.69, 9.17) is 16.3 Å². The first-order valence-electron chi connectivity index (χ1n) is 9.27. The Bertz CT molecular complexity index is 1330. The lowest BCUT2D eigenvalue weighted by molar-refractivity contribution is -0.116. The maximum Gasteiger partial charge on any atom is 0.341 e. The lowest BCUT2D eigenvalue weighted by atomic mass is 10.0. The highest BCUT2D eigenvalue weighted by Crippen LogP contribution is 2.43. The number of carbonyl (C=O) groups excluding carboxylic acids is 2. The molecule has 0 aliphatic carbocycles. The molecule has 1 N–H and O–H groups in total. The Morgan fingerprint density at radius 1 is 1.23 bits per heavy atom. The predicted octanol–water partition coefficient (Wildman–Crippen LogP) is 4.66. The highest BCUT2D eigenvalue weighted by molar-refractivity contribution is 7.21. The van der Waals surface area contributed by atoms with Crippen molar-refractivity contribution in [1.29, 1.82) is 0 Å². The molecule has 4 rings (SSSR count). The molecule has 10 heteroatoms. The van der Waals surface area contributed by atoms with Gasteiger partial charge in [0.25, 0.3) is 5.56 Å². The van der Waals surface area contributed by atoms with E-state index in [1.165, 1.54) is 22.2 Å². The third kappa shape index (κ3) is 4.25.